The van der Waals surface area contributed by atoms with E-state index in [0.717, 1.165) is 36.8 Å². The van der Waals surface area contributed by atoms with Crippen LogP contribution in [0.25, 0.3) is 0 Å². The first-order chi connectivity index (χ1) is 11.2. The average Bonchev–Trinajstić information content (AvgIpc) is 2.75. The molecule has 2 N–H and O–H groups in total. The van der Waals surface area contributed by atoms with Gasteiger partial charge in [-0.15, -0.1) is 0 Å². The highest BCUT2D eigenvalue weighted by Gasteiger charge is 2.62. The smallest absolute Gasteiger partial charge is 0.178 e. The van der Waals surface area contributed by atoms with E-state index in [2.05, 4.69) is 13.5 Å². The van der Waals surface area contributed by atoms with Crippen molar-refractivity contribution in [2.75, 3.05) is 0 Å². The molecule has 3 saturated carbocycles. The van der Waals surface area contributed by atoms with E-state index < -0.39 is 11.6 Å². The van der Waals surface area contributed by atoms with Crippen LogP contribution in [0.5, 0.6) is 0 Å². The van der Waals surface area contributed by atoms with E-state index in [9.17, 15) is 14.0 Å². The highest BCUT2D eigenvalue weighted by Crippen LogP contribution is 2.65. The topological polar surface area (TPSA) is 60.2 Å². The Labute approximate surface area is 142 Å². The Morgan fingerprint density at radius 2 is 1.88 bits per heavy atom. The van der Waals surface area contributed by atoms with E-state index in [1.165, 1.54) is 0 Å². The van der Waals surface area contributed by atoms with Crippen molar-refractivity contribution >= 4 is 11.6 Å². The van der Waals surface area contributed by atoms with Crippen molar-refractivity contribution in [3.05, 3.63) is 23.4 Å². The second kappa shape index (κ2) is 4.80. The molecule has 3 fully saturated rings. The molecule has 0 bridgehead atoms. The number of ketones is 2. The molecule has 4 aliphatic carbocycles. The molecule has 0 aliphatic heterocycles. The van der Waals surface area contributed by atoms with Gasteiger partial charge in [-0.1, -0.05) is 20.4 Å². The van der Waals surface area contributed by atoms with Gasteiger partial charge in [-0.25, -0.2) is 4.39 Å². The number of alkyl halides is 1. The van der Waals surface area contributed by atoms with Gasteiger partial charge in [0, 0.05) is 11.8 Å². The van der Waals surface area contributed by atoms with Crippen LogP contribution >= 0.6 is 0 Å². The lowest BCUT2D eigenvalue weighted by Gasteiger charge is -2.57. The van der Waals surface area contributed by atoms with E-state index in [0.29, 0.717) is 24.5 Å². The molecule has 4 heteroatoms. The van der Waals surface area contributed by atoms with Crippen molar-refractivity contribution in [3.63, 3.8) is 0 Å². The van der Waals surface area contributed by atoms with Crippen molar-refractivity contribution in [1.29, 1.82) is 0 Å². The van der Waals surface area contributed by atoms with E-state index in [1.807, 2.05) is 6.92 Å². The Balaban J connectivity index is 1.79. The molecule has 0 saturated heterocycles. The van der Waals surface area contributed by atoms with Crippen molar-refractivity contribution < 1.29 is 14.0 Å². The zero-order valence-electron chi connectivity index (χ0n) is 14.5. The number of hydrogen-bond acceptors (Lipinski definition) is 3. The minimum Gasteiger partial charge on any atom is -0.396 e. The van der Waals surface area contributed by atoms with E-state index in [-0.39, 0.29) is 28.8 Å². The van der Waals surface area contributed by atoms with Crippen LogP contribution in [0, 0.1) is 28.6 Å². The number of allylic oxidation sites excluding steroid dienone is 2. The minimum atomic E-state index is -1.31. The maximum Gasteiger partial charge on any atom is 0.178 e. The summed E-state index contributed by atoms with van der Waals surface area (Å²) in [5.41, 5.74) is 7.78. The monoisotopic (exact) mass is 331 g/mol. The molecule has 0 aromatic rings. The third kappa shape index (κ3) is 1.77. The molecular weight excluding hydrogens is 305 g/mol. The van der Waals surface area contributed by atoms with Gasteiger partial charge in [0.15, 0.2) is 17.7 Å². The van der Waals surface area contributed by atoms with Gasteiger partial charge in [-0.3, -0.25) is 9.59 Å². The summed E-state index contributed by atoms with van der Waals surface area (Å²) in [5, 5.41) is 0. The number of carbonyl (C=O) groups excluding carboxylic acids is 2. The molecule has 0 amide bonds. The largest absolute Gasteiger partial charge is 0.396 e. The summed E-state index contributed by atoms with van der Waals surface area (Å²) in [6, 6.07) is 0. The molecule has 0 aromatic carbocycles. The van der Waals surface area contributed by atoms with Gasteiger partial charge in [0.25, 0.3) is 0 Å². The summed E-state index contributed by atoms with van der Waals surface area (Å²) in [6.45, 7) is 8.39. The van der Waals surface area contributed by atoms with Crippen LogP contribution in [0.2, 0.25) is 0 Å². The summed E-state index contributed by atoms with van der Waals surface area (Å²) >= 11 is 0. The second-order valence-corrected chi connectivity index (χ2v) is 8.84. The maximum atomic E-state index is 14.2. The van der Waals surface area contributed by atoms with Gasteiger partial charge in [-0.05, 0) is 66.4 Å². The Bertz CT molecular complexity index is 696. The standard InChI is InChI=1S/C20H26FNO2/c1-10-8-11-12(19(2)7-5-15(23)17(22)16(10)19)4-6-20(3)13(11)9-14(21)18(20)24/h11-14H,1,4-9,22H2,2-3H3/t11-,12+,13+,14?,19-,20-/m1/s1. The third-order valence-corrected chi connectivity index (χ3v) is 7.80. The van der Waals surface area contributed by atoms with E-state index >= 15 is 0 Å². The molecule has 4 aliphatic rings. The Morgan fingerprint density at radius 1 is 1.17 bits per heavy atom. The minimum absolute atomic E-state index is 0.0302. The fraction of sp³-hybridized carbons (Fsp3) is 0.700. The predicted octanol–water partition coefficient (Wildman–Crippen LogP) is 3.49. The van der Waals surface area contributed by atoms with Crippen molar-refractivity contribution in [3.8, 4) is 0 Å². The number of halogens is 1. The van der Waals surface area contributed by atoms with Gasteiger partial charge >= 0.3 is 0 Å². The molecule has 130 valence electrons. The number of fused-ring (bicyclic) bond motifs is 5. The lowest BCUT2D eigenvalue weighted by atomic mass is 9.46. The summed E-state index contributed by atoms with van der Waals surface area (Å²) in [5.74, 6) is 0.563. The maximum absolute atomic E-state index is 14.2. The number of rotatable bonds is 0. The molecule has 4 rings (SSSR count). The third-order valence-electron chi connectivity index (χ3n) is 7.80. The first-order valence-electron chi connectivity index (χ1n) is 9.10. The number of hydrogen-bond donors (Lipinski definition) is 1. The van der Waals surface area contributed by atoms with E-state index in [1.54, 1.807) is 0 Å². The highest BCUT2D eigenvalue weighted by molar-refractivity contribution is 5.97. The van der Waals surface area contributed by atoms with Crippen molar-refractivity contribution in [2.24, 2.45) is 34.3 Å². The first kappa shape index (κ1) is 16.0. The molecule has 0 spiro atoms. The average molecular weight is 331 g/mol. The quantitative estimate of drug-likeness (QED) is 0.739. The molecule has 0 aromatic heterocycles. The van der Waals surface area contributed by atoms with Crippen LogP contribution in [-0.4, -0.2) is 17.7 Å². The Kier molecular flexibility index (Phi) is 3.21. The van der Waals surface area contributed by atoms with Gasteiger partial charge in [-0.2, -0.15) is 0 Å². The number of carbonyl (C=O) groups is 2. The van der Waals surface area contributed by atoms with Crippen molar-refractivity contribution in [2.45, 2.75) is 58.5 Å². The fourth-order valence-electron chi connectivity index (χ4n) is 6.54. The molecule has 0 radical (unpaired) electrons. The van der Waals surface area contributed by atoms with Crippen LogP contribution in [0.4, 0.5) is 4.39 Å². The number of nitrogens with two attached hydrogens (primary N) is 1. The molecular formula is C20H26FNO2. The lowest BCUT2D eigenvalue weighted by Crippen LogP contribution is -2.52. The van der Waals surface area contributed by atoms with Crippen LogP contribution in [0.3, 0.4) is 0 Å². The van der Waals surface area contributed by atoms with Crippen LogP contribution in [-0.2, 0) is 9.59 Å². The SMILES string of the molecule is C=C1C[C@H]2[C@@H]3CC(F)C(=O)[C@]3(C)CC[C@@H]2[C@@]2(C)CCC(=O)C(N)=C12. The lowest BCUT2D eigenvalue weighted by molar-refractivity contribution is -0.134. The highest BCUT2D eigenvalue weighted by atomic mass is 19.1. The summed E-state index contributed by atoms with van der Waals surface area (Å²) in [4.78, 5) is 24.5. The van der Waals surface area contributed by atoms with E-state index in [4.69, 9.17) is 5.73 Å². The zero-order chi connectivity index (χ0) is 17.4. The predicted molar refractivity (Wildman–Crippen MR) is 89.6 cm³/mol. The van der Waals surface area contributed by atoms with Gasteiger partial charge in [0.1, 0.15) is 0 Å². The summed E-state index contributed by atoms with van der Waals surface area (Å²) in [6.07, 6.45) is 2.71. The zero-order valence-corrected chi connectivity index (χ0v) is 14.5. The number of Topliss-reactive ketones (excluding diaryl/α,β-unsaturated/α-hetero) is 2. The van der Waals surface area contributed by atoms with Crippen molar-refractivity contribution in [1.82, 2.24) is 0 Å². The molecule has 3 nitrogen and oxygen atoms in total. The Hall–Kier alpha value is -1.45. The van der Waals surface area contributed by atoms with Gasteiger partial charge in [0.05, 0.1) is 5.70 Å². The molecule has 1 unspecified atom stereocenters. The molecule has 0 heterocycles. The Morgan fingerprint density at radius 3 is 2.58 bits per heavy atom. The van der Waals surface area contributed by atoms with Crippen LogP contribution in [0.15, 0.2) is 23.4 Å². The fourth-order valence-corrected chi connectivity index (χ4v) is 6.54. The van der Waals surface area contributed by atoms with Gasteiger partial charge in [0.2, 0.25) is 0 Å². The summed E-state index contributed by atoms with van der Waals surface area (Å²) in [7, 11) is 0. The normalized spacial score (nSPS) is 48.2. The first-order valence-corrected chi connectivity index (χ1v) is 9.10. The van der Waals surface area contributed by atoms with Gasteiger partial charge < -0.3 is 5.73 Å². The second-order valence-electron chi connectivity index (χ2n) is 8.84. The summed E-state index contributed by atoms with van der Waals surface area (Å²) < 4.78 is 14.2. The molecule has 24 heavy (non-hydrogen) atoms. The van der Waals surface area contributed by atoms with Crippen LogP contribution in [0.1, 0.15) is 52.4 Å². The molecule has 6 atom stereocenters. The van der Waals surface area contributed by atoms with Crippen LogP contribution < -0.4 is 5.73 Å².